The average molecular weight is 388 g/mol. The first-order chi connectivity index (χ1) is 13.4. The van der Waals surface area contributed by atoms with Crippen molar-refractivity contribution in [3.63, 3.8) is 0 Å². The smallest absolute Gasteiger partial charge is 0.407 e. The van der Waals surface area contributed by atoms with Gasteiger partial charge in [0.15, 0.2) is 0 Å². The number of carbonyl (C=O) groups excluding carboxylic acids is 1. The zero-order valence-corrected chi connectivity index (χ0v) is 16.8. The summed E-state index contributed by atoms with van der Waals surface area (Å²) in [7, 11) is 3.61. The molecular weight excluding hydrogens is 360 g/mol. The van der Waals surface area contributed by atoms with Gasteiger partial charge in [0.2, 0.25) is 0 Å². The van der Waals surface area contributed by atoms with Crippen molar-refractivity contribution in [2.45, 2.75) is 51.0 Å². The monoisotopic (exact) mass is 388 g/mol. The maximum atomic E-state index is 12.2. The van der Waals surface area contributed by atoms with Crippen LogP contribution in [0.2, 0.25) is 0 Å². The second-order valence-corrected chi connectivity index (χ2v) is 7.84. The molecule has 2 heterocycles. The Kier molecular flexibility index (Phi) is 4.84. The molecule has 1 spiro atoms. The van der Waals surface area contributed by atoms with Crippen molar-refractivity contribution in [3.05, 3.63) is 41.2 Å². The van der Waals surface area contributed by atoms with Crippen LogP contribution in [0.5, 0.6) is 5.75 Å². The van der Waals surface area contributed by atoms with Gasteiger partial charge in [-0.2, -0.15) is 0 Å². The second kappa shape index (κ2) is 7.18. The molecule has 0 aromatic heterocycles. The molecule has 2 atom stereocenters. The van der Waals surface area contributed by atoms with Crippen LogP contribution in [0.3, 0.4) is 0 Å². The number of amides is 1. The minimum atomic E-state index is -0.387. The Morgan fingerprint density at radius 1 is 1.39 bits per heavy atom. The molecule has 1 saturated heterocycles. The molecule has 152 valence electrons. The number of hydrogen-bond donors (Lipinski definition) is 2. The summed E-state index contributed by atoms with van der Waals surface area (Å²) in [5, 5.41) is 6.84. The standard InChI is InChI=1S/C20H28N4O4/c1-13(2)21-19(25)28-16-9-10-20(12-27-20)18-17(16)23(3)22-24(18)11-14-5-7-15(26-4)8-6-14/h5-8,13,16,22H,9-12H2,1-4H3,(H,21,25)/t16-,20+/m1/s1. The van der Waals surface area contributed by atoms with E-state index in [-0.39, 0.29) is 23.8 Å². The Bertz CT molecular complexity index is 773. The van der Waals surface area contributed by atoms with Crippen LogP contribution < -0.4 is 15.6 Å². The Morgan fingerprint density at radius 3 is 2.71 bits per heavy atom. The molecule has 2 aliphatic heterocycles. The van der Waals surface area contributed by atoms with Gasteiger partial charge in [0.25, 0.3) is 0 Å². The van der Waals surface area contributed by atoms with Crippen molar-refractivity contribution in [2.75, 3.05) is 20.8 Å². The highest BCUT2D eigenvalue weighted by Gasteiger charge is 2.58. The third kappa shape index (κ3) is 3.49. The number of alkyl carbamates (subject to hydrolysis) is 1. The molecule has 3 aliphatic rings. The lowest BCUT2D eigenvalue weighted by Gasteiger charge is -2.31. The number of fused-ring (bicyclic) bond motifs is 1. The fourth-order valence-corrected chi connectivity index (χ4v) is 3.96. The maximum absolute atomic E-state index is 12.2. The fraction of sp³-hybridized carbons (Fsp3) is 0.550. The maximum Gasteiger partial charge on any atom is 0.407 e. The molecule has 8 heteroatoms. The van der Waals surface area contributed by atoms with Crippen LogP contribution in [-0.2, 0) is 16.0 Å². The minimum Gasteiger partial charge on any atom is -0.497 e. The molecule has 1 fully saturated rings. The molecular formula is C20H28N4O4. The molecule has 1 aliphatic carbocycles. The topological polar surface area (TPSA) is 78.6 Å². The molecule has 2 N–H and O–H groups in total. The Hall–Kier alpha value is -2.45. The Labute approximate surface area is 165 Å². The van der Waals surface area contributed by atoms with Crippen LogP contribution in [0.15, 0.2) is 35.7 Å². The second-order valence-electron chi connectivity index (χ2n) is 7.84. The summed E-state index contributed by atoms with van der Waals surface area (Å²) < 4.78 is 16.9. The lowest BCUT2D eigenvalue weighted by molar-refractivity contribution is 0.0785. The molecule has 1 amide bonds. The van der Waals surface area contributed by atoms with E-state index in [4.69, 9.17) is 14.2 Å². The summed E-state index contributed by atoms with van der Waals surface area (Å²) in [5.74, 6) is 0.833. The number of nitrogens with one attached hydrogen (secondary N) is 2. The van der Waals surface area contributed by atoms with Gasteiger partial charge < -0.3 is 19.5 Å². The van der Waals surface area contributed by atoms with Crippen LogP contribution in [0, 0.1) is 0 Å². The van der Waals surface area contributed by atoms with Crippen molar-refractivity contribution < 1.29 is 19.0 Å². The normalized spacial score (nSPS) is 26.0. The lowest BCUT2D eigenvalue weighted by atomic mass is 9.88. The van der Waals surface area contributed by atoms with Gasteiger partial charge >= 0.3 is 6.09 Å². The van der Waals surface area contributed by atoms with Crippen LogP contribution in [0.1, 0.15) is 32.3 Å². The molecule has 8 nitrogen and oxygen atoms in total. The minimum absolute atomic E-state index is 0.0358. The predicted molar refractivity (Wildman–Crippen MR) is 103 cm³/mol. The number of benzene rings is 1. The van der Waals surface area contributed by atoms with E-state index in [0.717, 1.165) is 35.5 Å². The van der Waals surface area contributed by atoms with Crippen molar-refractivity contribution in [1.82, 2.24) is 20.9 Å². The number of methoxy groups -OCH3 is 1. The molecule has 4 rings (SSSR count). The van der Waals surface area contributed by atoms with Crippen molar-refractivity contribution in [1.29, 1.82) is 0 Å². The van der Waals surface area contributed by atoms with E-state index in [1.807, 2.05) is 50.2 Å². The van der Waals surface area contributed by atoms with Gasteiger partial charge in [-0.3, -0.25) is 10.0 Å². The molecule has 0 saturated carbocycles. The molecule has 1 aromatic carbocycles. The Morgan fingerprint density at radius 2 is 2.11 bits per heavy atom. The van der Waals surface area contributed by atoms with E-state index in [2.05, 4.69) is 15.9 Å². The first kappa shape index (κ1) is 18.9. The first-order valence-electron chi connectivity index (χ1n) is 9.68. The Balaban J connectivity index is 1.57. The summed E-state index contributed by atoms with van der Waals surface area (Å²) in [6.45, 7) is 5.20. The van der Waals surface area contributed by atoms with E-state index in [0.29, 0.717) is 13.2 Å². The highest BCUT2D eigenvalue weighted by Crippen LogP contribution is 2.49. The number of rotatable bonds is 5. The van der Waals surface area contributed by atoms with Crippen LogP contribution in [-0.4, -0.2) is 54.6 Å². The number of hydrazine groups is 2. The molecule has 0 unspecified atom stereocenters. The lowest BCUT2D eigenvalue weighted by Crippen LogP contribution is -2.41. The van der Waals surface area contributed by atoms with E-state index < -0.39 is 0 Å². The predicted octanol–water partition coefficient (Wildman–Crippen LogP) is 2.14. The zero-order chi connectivity index (χ0) is 19.9. The highest BCUT2D eigenvalue weighted by molar-refractivity contribution is 5.68. The molecule has 0 radical (unpaired) electrons. The van der Waals surface area contributed by atoms with Gasteiger partial charge in [-0.1, -0.05) is 12.1 Å². The fourth-order valence-electron chi connectivity index (χ4n) is 3.96. The molecule has 1 aromatic rings. The zero-order valence-electron chi connectivity index (χ0n) is 16.8. The summed E-state index contributed by atoms with van der Waals surface area (Å²) in [6, 6.07) is 8.04. The van der Waals surface area contributed by atoms with Gasteiger partial charge in [-0.25, -0.2) is 4.79 Å². The number of epoxide rings is 1. The average Bonchev–Trinajstić information content (AvgIpc) is 3.34. The van der Waals surface area contributed by atoms with Gasteiger partial charge in [-0.05, 0) is 44.4 Å². The van der Waals surface area contributed by atoms with E-state index in [9.17, 15) is 4.79 Å². The summed E-state index contributed by atoms with van der Waals surface area (Å²) in [6.07, 6.45) is 0.885. The third-order valence-electron chi connectivity index (χ3n) is 5.34. The van der Waals surface area contributed by atoms with Gasteiger partial charge in [0, 0.05) is 13.1 Å². The molecule has 28 heavy (non-hydrogen) atoms. The number of carbonyl (C=O) groups is 1. The summed E-state index contributed by atoms with van der Waals surface area (Å²) in [5.41, 5.74) is 6.30. The summed E-state index contributed by atoms with van der Waals surface area (Å²) >= 11 is 0. The van der Waals surface area contributed by atoms with Gasteiger partial charge in [0.05, 0.1) is 31.7 Å². The van der Waals surface area contributed by atoms with Crippen LogP contribution in [0.4, 0.5) is 4.79 Å². The van der Waals surface area contributed by atoms with Gasteiger partial charge in [0.1, 0.15) is 17.5 Å². The number of likely N-dealkylation sites (N-methyl/N-ethyl adjacent to an activating group) is 1. The largest absolute Gasteiger partial charge is 0.497 e. The van der Waals surface area contributed by atoms with Crippen LogP contribution >= 0.6 is 0 Å². The quantitative estimate of drug-likeness (QED) is 0.748. The van der Waals surface area contributed by atoms with Gasteiger partial charge in [-0.15, -0.1) is 5.53 Å². The summed E-state index contributed by atoms with van der Waals surface area (Å²) in [4.78, 5) is 12.2. The SMILES string of the molecule is COc1ccc(CN2NN(C)C3=C2[C@]2(CC[C@H]3OC(=O)NC(C)C)CO2)cc1. The number of hydrogen-bond acceptors (Lipinski definition) is 7. The van der Waals surface area contributed by atoms with Crippen molar-refractivity contribution >= 4 is 6.09 Å². The van der Waals surface area contributed by atoms with E-state index in [1.165, 1.54) is 0 Å². The first-order valence-corrected chi connectivity index (χ1v) is 9.68. The van der Waals surface area contributed by atoms with Crippen molar-refractivity contribution in [3.8, 4) is 5.75 Å². The number of ether oxygens (including phenoxy) is 3. The van der Waals surface area contributed by atoms with Crippen molar-refractivity contribution in [2.24, 2.45) is 0 Å². The number of nitrogens with zero attached hydrogens (tertiary/aromatic N) is 2. The van der Waals surface area contributed by atoms with Crippen LogP contribution in [0.25, 0.3) is 0 Å². The molecule has 0 bridgehead atoms. The third-order valence-corrected chi connectivity index (χ3v) is 5.34. The van der Waals surface area contributed by atoms with E-state index in [1.54, 1.807) is 7.11 Å². The van der Waals surface area contributed by atoms with E-state index >= 15 is 0 Å². The highest BCUT2D eigenvalue weighted by atomic mass is 16.6.